The molecule has 2 aliphatic carbocycles. The summed E-state index contributed by atoms with van der Waals surface area (Å²) in [7, 11) is 0. The van der Waals surface area contributed by atoms with Crippen LogP contribution in [0.2, 0.25) is 0 Å². The molecule has 2 saturated carbocycles. The van der Waals surface area contributed by atoms with Gasteiger partial charge in [0.25, 0.3) is 5.89 Å². The van der Waals surface area contributed by atoms with Gasteiger partial charge in [0.1, 0.15) is 11.2 Å². The molecule has 8 nitrogen and oxygen atoms in total. The van der Waals surface area contributed by atoms with Crippen molar-refractivity contribution in [1.29, 1.82) is 0 Å². The molecule has 4 N–H and O–H groups in total. The first-order chi connectivity index (χ1) is 14.2. The first-order valence-electron chi connectivity index (χ1n) is 10.7. The van der Waals surface area contributed by atoms with Gasteiger partial charge in [0.05, 0.1) is 16.9 Å². The molecule has 30 heavy (non-hydrogen) atoms. The molecule has 3 heterocycles. The minimum atomic E-state index is -1.21. The average molecular weight is 412 g/mol. The van der Waals surface area contributed by atoms with Crippen molar-refractivity contribution in [3.05, 3.63) is 24.4 Å². The molecule has 0 spiro atoms. The summed E-state index contributed by atoms with van der Waals surface area (Å²) in [6.45, 7) is 5.47. The van der Waals surface area contributed by atoms with E-state index in [0.29, 0.717) is 17.7 Å². The number of fused-ring (bicyclic) bond motifs is 3. The van der Waals surface area contributed by atoms with Crippen molar-refractivity contribution >= 4 is 16.7 Å². The van der Waals surface area contributed by atoms with Crippen LogP contribution in [0.1, 0.15) is 58.8 Å². The second kappa shape index (κ2) is 6.78. The van der Waals surface area contributed by atoms with Gasteiger partial charge in [0, 0.05) is 23.8 Å². The van der Waals surface area contributed by atoms with E-state index in [2.05, 4.69) is 32.3 Å². The van der Waals surface area contributed by atoms with Crippen LogP contribution >= 0.6 is 0 Å². The number of rotatable bonds is 4. The fraction of sp³-hybridized carbons (Fsp3) is 0.591. The smallest absolute Gasteiger partial charge is 0.258 e. The molecule has 8 heteroatoms. The molecule has 3 aromatic rings. The minimum absolute atomic E-state index is 0.168. The molecule has 4 atom stereocenters. The van der Waals surface area contributed by atoms with E-state index < -0.39 is 11.2 Å². The predicted octanol–water partition coefficient (Wildman–Crippen LogP) is 3.58. The fourth-order valence-corrected chi connectivity index (χ4v) is 5.36. The molecule has 0 aliphatic heterocycles. The van der Waals surface area contributed by atoms with Gasteiger partial charge in [-0.1, -0.05) is 12.1 Å². The van der Waals surface area contributed by atoms with Crippen LogP contribution in [-0.2, 0) is 5.60 Å². The number of nitrogens with one attached hydrogen (secondary N) is 2. The van der Waals surface area contributed by atoms with Crippen molar-refractivity contribution in [1.82, 2.24) is 20.1 Å². The summed E-state index contributed by atoms with van der Waals surface area (Å²) in [5.41, 5.74) is 0.720. The number of nitrogens with zero attached hydrogens (tertiary/aromatic N) is 3. The van der Waals surface area contributed by atoms with Crippen molar-refractivity contribution in [2.24, 2.45) is 11.8 Å². The van der Waals surface area contributed by atoms with Crippen molar-refractivity contribution in [3.63, 3.8) is 0 Å². The third-order valence-electron chi connectivity index (χ3n) is 6.67. The van der Waals surface area contributed by atoms with Crippen LogP contribution in [0.4, 0.5) is 5.69 Å². The number of aromatic amines is 1. The fourth-order valence-electron chi connectivity index (χ4n) is 5.36. The van der Waals surface area contributed by atoms with E-state index >= 15 is 0 Å². The van der Waals surface area contributed by atoms with Crippen LogP contribution in [0.15, 0.2) is 23.0 Å². The maximum Gasteiger partial charge on any atom is 0.258 e. The highest BCUT2D eigenvalue weighted by Gasteiger charge is 2.44. The van der Waals surface area contributed by atoms with E-state index in [1.165, 1.54) is 0 Å². The first kappa shape index (κ1) is 19.5. The zero-order valence-corrected chi connectivity index (χ0v) is 17.6. The third kappa shape index (κ3) is 3.37. The molecule has 2 fully saturated rings. The van der Waals surface area contributed by atoms with Crippen LogP contribution in [0.3, 0.4) is 0 Å². The van der Waals surface area contributed by atoms with Gasteiger partial charge >= 0.3 is 0 Å². The van der Waals surface area contributed by atoms with E-state index in [4.69, 9.17) is 4.52 Å². The van der Waals surface area contributed by atoms with Gasteiger partial charge in [0.15, 0.2) is 0 Å². The molecule has 5 rings (SSSR count). The molecule has 0 radical (unpaired) electrons. The summed E-state index contributed by atoms with van der Waals surface area (Å²) in [5.74, 6) is 1.50. The molecular formula is C22H29N5O3. The topological polar surface area (TPSA) is 120 Å². The lowest BCUT2D eigenvalue weighted by Crippen LogP contribution is -2.49. The van der Waals surface area contributed by atoms with E-state index in [1.54, 1.807) is 20.0 Å². The highest BCUT2D eigenvalue weighted by Crippen LogP contribution is 2.47. The lowest BCUT2D eigenvalue weighted by Gasteiger charge is -2.48. The van der Waals surface area contributed by atoms with Gasteiger partial charge in [-0.05, 0) is 63.9 Å². The van der Waals surface area contributed by atoms with Crippen LogP contribution in [0.5, 0.6) is 0 Å². The third-order valence-corrected chi connectivity index (χ3v) is 6.67. The van der Waals surface area contributed by atoms with Crippen molar-refractivity contribution in [2.75, 3.05) is 5.32 Å². The molecule has 1 unspecified atom stereocenters. The molecule has 0 saturated heterocycles. The monoisotopic (exact) mass is 411 g/mol. The Morgan fingerprint density at radius 1 is 1.33 bits per heavy atom. The van der Waals surface area contributed by atoms with Crippen LogP contribution in [0, 0.1) is 11.8 Å². The van der Waals surface area contributed by atoms with Gasteiger partial charge in [-0.2, -0.15) is 4.98 Å². The summed E-state index contributed by atoms with van der Waals surface area (Å²) in [4.78, 5) is 12.1. The molecule has 2 aliphatic rings. The molecule has 2 bridgehead atoms. The lowest BCUT2D eigenvalue weighted by atomic mass is 9.64. The van der Waals surface area contributed by atoms with E-state index in [0.717, 1.165) is 54.4 Å². The Labute approximate surface area is 175 Å². The zero-order chi connectivity index (χ0) is 21.1. The Hall–Kier alpha value is -2.45. The molecule has 0 amide bonds. The predicted molar refractivity (Wildman–Crippen MR) is 113 cm³/mol. The zero-order valence-electron chi connectivity index (χ0n) is 17.6. The van der Waals surface area contributed by atoms with Crippen molar-refractivity contribution in [2.45, 2.75) is 70.1 Å². The lowest BCUT2D eigenvalue weighted by molar-refractivity contribution is -0.0677. The number of hydrogen-bond donors (Lipinski definition) is 4. The van der Waals surface area contributed by atoms with Crippen LogP contribution < -0.4 is 5.32 Å². The Morgan fingerprint density at radius 3 is 2.93 bits per heavy atom. The number of aromatic nitrogens is 4. The maximum absolute atomic E-state index is 10.9. The van der Waals surface area contributed by atoms with Gasteiger partial charge < -0.3 is 25.0 Å². The molecule has 0 aromatic carbocycles. The van der Waals surface area contributed by atoms with Gasteiger partial charge in [0.2, 0.25) is 5.82 Å². The standard InChI is InChI=1S/C22H29N5O3/c1-12-8-13-10-22(29,9-12)6-4-16(13)25-17-14-5-7-23-18(14)24-11-15(17)19-26-20(30-27-19)21(2,3)28/h5,7,11-13,16,28-29H,4,6,8-10H2,1-3H3,(H2,23,24,25)/t12?,13-,16+,22-/m0/s1. The normalized spacial score (nSPS) is 29.3. The summed E-state index contributed by atoms with van der Waals surface area (Å²) in [5, 5.41) is 30.0. The molecule has 3 aromatic heterocycles. The number of aliphatic hydroxyl groups is 2. The summed E-state index contributed by atoms with van der Waals surface area (Å²) in [6.07, 6.45) is 8.20. The first-order valence-corrected chi connectivity index (χ1v) is 10.7. The Balaban J connectivity index is 1.53. The summed E-state index contributed by atoms with van der Waals surface area (Å²) < 4.78 is 5.31. The highest BCUT2D eigenvalue weighted by atomic mass is 16.5. The number of anilines is 1. The number of hydrogen-bond acceptors (Lipinski definition) is 7. The van der Waals surface area contributed by atoms with E-state index in [9.17, 15) is 10.2 Å². The minimum Gasteiger partial charge on any atom is -0.390 e. The molecule has 160 valence electrons. The second-order valence-corrected chi connectivity index (χ2v) is 9.79. The largest absolute Gasteiger partial charge is 0.390 e. The molecular weight excluding hydrogens is 382 g/mol. The number of H-pyrrole nitrogens is 1. The van der Waals surface area contributed by atoms with E-state index in [-0.39, 0.29) is 11.9 Å². The van der Waals surface area contributed by atoms with Gasteiger partial charge in [-0.15, -0.1) is 0 Å². The quantitative estimate of drug-likeness (QED) is 0.518. The van der Waals surface area contributed by atoms with Crippen molar-refractivity contribution < 1.29 is 14.7 Å². The Bertz CT molecular complexity index is 1070. The highest BCUT2D eigenvalue weighted by molar-refractivity contribution is 5.97. The SMILES string of the molecule is CC1C[C@H]2C[C@](O)(CC[C@H]2Nc2c(-c3noc(C(C)(C)O)n3)cnc3[nH]ccc23)C1. The van der Waals surface area contributed by atoms with Crippen molar-refractivity contribution in [3.8, 4) is 11.4 Å². The Morgan fingerprint density at radius 2 is 2.17 bits per heavy atom. The number of pyridine rings is 1. The average Bonchev–Trinajstić information content (AvgIpc) is 3.32. The van der Waals surface area contributed by atoms with Crippen LogP contribution in [-0.4, -0.2) is 42.0 Å². The second-order valence-electron chi connectivity index (χ2n) is 9.79. The van der Waals surface area contributed by atoms with Crippen LogP contribution in [0.25, 0.3) is 22.4 Å². The van der Waals surface area contributed by atoms with Gasteiger partial charge in [-0.25, -0.2) is 4.98 Å². The van der Waals surface area contributed by atoms with E-state index in [1.807, 2.05) is 12.3 Å². The maximum atomic E-state index is 10.9. The Kier molecular flexibility index (Phi) is 4.41. The van der Waals surface area contributed by atoms with Gasteiger partial charge in [-0.3, -0.25) is 0 Å². The summed E-state index contributed by atoms with van der Waals surface area (Å²) in [6, 6.07) is 2.25. The summed E-state index contributed by atoms with van der Waals surface area (Å²) >= 11 is 0.